The first-order valence-corrected chi connectivity index (χ1v) is 2.27. The van der Waals surface area contributed by atoms with Crippen LogP contribution in [0.1, 0.15) is 0 Å². The van der Waals surface area contributed by atoms with Crippen LogP contribution in [0.4, 0.5) is 0 Å². The van der Waals surface area contributed by atoms with Crippen LogP contribution in [0.5, 0.6) is 0 Å². The minimum Gasteiger partial charge on any atom is -0.316 e. The van der Waals surface area contributed by atoms with Crippen molar-refractivity contribution in [3.8, 4) is 0 Å². The van der Waals surface area contributed by atoms with E-state index in [1.165, 1.54) is 7.12 Å². The van der Waals surface area contributed by atoms with Gasteiger partial charge in [0.25, 0.3) is 7.12 Å². The van der Waals surface area contributed by atoms with E-state index in [4.69, 9.17) is 8.76 Å². The van der Waals surface area contributed by atoms with Gasteiger partial charge in [0.15, 0.2) is 0 Å². The Kier molecular flexibility index (Phi) is 1.56. The molecule has 0 rings (SSSR count). The number of rotatable bonds is 0. The third-order valence-corrected chi connectivity index (χ3v) is 0. The molecular weight excluding hydrogens is 74.9 g/mol. The maximum absolute atomic E-state index is 9.11. The molecule has 0 fully saturated rings. The lowest BCUT2D eigenvalue weighted by Gasteiger charge is -1.60. The van der Waals surface area contributed by atoms with Gasteiger partial charge in [-0.05, 0) is 0 Å². The van der Waals surface area contributed by atoms with Gasteiger partial charge in [-0.25, -0.2) is 4.21 Å². The molecule has 0 saturated heterocycles. The topological polar surface area (TPSA) is 37.3 Å². The molecule has 0 aliphatic carbocycles. The van der Waals surface area contributed by atoms with Crippen molar-refractivity contribution in [2.24, 2.45) is 0 Å². The Labute approximate surface area is 27.8 Å². The van der Waals surface area contributed by atoms with Crippen molar-refractivity contribution in [2.75, 3.05) is 0 Å². The molecule has 0 saturated carbocycles. The van der Waals surface area contributed by atoms with E-state index in [-0.39, 0.29) is 0 Å². The molecule has 0 aliphatic rings. The number of hydrogen-bond acceptors (Lipinski definition) is 1. The molecule has 0 amide bonds. The van der Waals surface area contributed by atoms with Gasteiger partial charge in [-0.15, -0.1) is 0 Å². The Morgan fingerprint density at radius 3 is 2.00 bits per heavy atom. The Balaban J connectivity index is 2.80. The van der Waals surface area contributed by atoms with Gasteiger partial charge in [0, 0.05) is 0 Å². The van der Waals surface area contributed by atoms with Gasteiger partial charge in [-0.2, -0.15) is 0 Å². The third kappa shape index (κ3) is 98.1. The molecule has 2 nitrogen and oxygen atoms in total. The quantitative estimate of drug-likeness (QED) is 0.290. The predicted molar refractivity (Wildman–Crippen MR) is 19.3 cm³/mol. The van der Waals surface area contributed by atoms with Crippen molar-refractivity contribution in [2.45, 2.75) is 0 Å². The van der Waals surface area contributed by atoms with E-state index in [0.29, 0.717) is 0 Å². The Morgan fingerprint density at radius 2 is 2.00 bits per heavy atom. The van der Waals surface area contributed by atoms with Crippen LogP contribution in [0.15, 0.2) is 0 Å². The lowest BCUT2D eigenvalue weighted by atomic mass is 10.8. The Bertz CT molecular complexity index is 29.0. The lowest BCUT2D eigenvalue weighted by molar-refractivity contribution is 0.580. The van der Waals surface area contributed by atoms with Crippen LogP contribution in [-0.4, -0.2) is 15.9 Å². The maximum Gasteiger partial charge on any atom is 0.253 e. The van der Waals surface area contributed by atoms with Crippen LogP contribution in [0.25, 0.3) is 0 Å². The fourth-order valence-corrected chi connectivity index (χ4v) is 0. The summed E-state index contributed by atoms with van der Waals surface area (Å²) in [5.74, 6) is 0. The van der Waals surface area contributed by atoms with E-state index in [1.807, 2.05) is 0 Å². The largest absolute Gasteiger partial charge is 0.316 e. The molecule has 4 heavy (non-hydrogen) atoms. The van der Waals surface area contributed by atoms with E-state index < -0.39 is 10.9 Å². The van der Waals surface area contributed by atoms with Crippen molar-refractivity contribution >= 4 is 18.1 Å². The summed E-state index contributed by atoms with van der Waals surface area (Å²) >= 11 is 0. The van der Waals surface area contributed by atoms with Gasteiger partial charge in [0.1, 0.15) is 0 Å². The second-order valence-electron chi connectivity index (χ2n) is 0.424. The second-order valence-corrected chi connectivity index (χ2v) is 1.27. The van der Waals surface area contributed by atoms with Crippen LogP contribution < -0.4 is 0 Å². The number of hydrogen-bond donors (Lipinski definition) is 1. The summed E-state index contributed by atoms with van der Waals surface area (Å²) in [4.78, 5) is 0. The van der Waals surface area contributed by atoms with E-state index in [0.717, 1.165) is 0 Å². The zero-order valence-corrected chi connectivity index (χ0v) is 3.08. The minimum atomic E-state index is -1.61. The van der Waals surface area contributed by atoms with E-state index >= 15 is 0 Å². The van der Waals surface area contributed by atoms with Crippen molar-refractivity contribution in [1.29, 1.82) is 0 Å². The third-order valence-electron chi connectivity index (χ3n) is 0. The summed E-state index contributed by atoms with van der Waals surface area (Å²) in [5, 5.41) is 0. The molecule has 0 bridgehead atoms. The SMILES string of the molecule is BS(=O)O. The smallest absolute Gasteiger partial charge is 0.253 e. The summed E-state index contributed by atoms with van der Waals surface area (Å²) < 4.78 is 16.6. The Hall–Kier alpha value is 0.175. The van der Waals surface area contributed by atoms with Gasteiger partial charge in [-0.1, -0.05) is 0 Å². The molecule has 0 spiro atoms. The molecular formula is H3BO2S. The molecule has 1 atom stereocenters. The van der Waals surface area contributed by atoms with Crippen molar-refractivity contribution in [1.82, 2.24) is 0 Å². The van der Waals surface area contributed by atoms with Crippen molar-refractivity contribution in [3.63, 3.8) is 0 Å². The highest BCUT2D eigenvalue weighted by Crippen LogP contribution is 1.42. The standard InChI is InChI=1S/BH3O2S/c1-4(2)3/h1H2,(H,2,3). The molecule has 24 valence electrons. The average molecular weight is 77.9 g/mol. The zero-order valence-electron chi connectivity index (χ0n) is 2.26. The van der Waals surface area contributed by atoms with Crippen LogP contribution in [0.3, 0.4) is 0 Å². The second kappa shape index (κ2) is 1.49. The highest BCUT2D eigenvalue weighted by atomic mass is 32.2. The fourth-order valence-electron chi connectivity index (χ4n) is 0. The zero-order chi connectivity index (χ0) is 3.58. The summed E-state index contributed by atoms with van der Waals surface area (Å²) in [6.45, 7) is 0. The van der Waals surface area contributed by atoms with Gasteiger partial charge in [0.05, 0.1) is 10.9 Å². The highest BCUT2D eigenvalue weighted by molar-refractivity contribution is 8.02. The van der Waals surface area contributed by atoms with Gasteiger partial charge >= 0.3 is 0 Å². The predicted octanol–water partition coefficient (Wildman–Crippen LogP) is -1.24. The molecule has 4 heteroatoms. The minimum absolute atomic E-state index is 1.19. The normalized spacial score (nSPS) is 15.2. The summed E-state index contributed by atoms with van der Waals surface area (Å²) in [6, 6.07) is 0. The Morgan fingerprint density at radius 1 is 2.00 bits per heavy atom. The van der Waals surface area contributed by atoms with Gasteiger partial charge in [0.2, 0.25) is 0 Å². The van der Waals surface area contributed by atoms with Crippen LogP contribution in [0.2, 0.25) is 0 Å². The molecule has 0 aromatic carbocycles. The highest BCUT2D eigenvalue weighted by Gasteiger charge is 1.61. The lowest BCUT2D eigenvalue weighted by Crippen LogP contribution is -1.76. The monoisotopic (exact) mass is 78.0 g/mol. The van der Waals surface area contributed by atoms with Crippen LogP contribution >= 0.6 is 0 Å². The van der Waals surface area contributed by atoms with E-state index in [1.54, 1.807) is 0 Å². The van der Waals surface area contributed by atoms with E-state index in [2.05, 4.69) is 0 Å². The van der Waals surface area contributed by atoms with Crippen molar-refractivity contribution < 1.29 is 8.76 Å². The summed E-state index contributed by atoms with van der Waals surface area (Å²) in [5.41, 5.74) is 0. The first-order chi connectivity index (χ1) is 1.73. The first kappa shape index (κ1) is 4.17. The molecule has 0 radical (unpaired) electrons. The molecule has 1 N–H and O–H groups in total. The molecule has 1 unspecified atom stereocenters. The average Bonchev–Trinajstić information content (AvgIpc) is 0.811. The molecule has 0 aromatic rings. The maximum atomic E-state index is 9.11. The van der Waals surface area contributed by atoms with Crippen LogP contribution in [0, 0.1) is 0 Å². The van der Waals surface area contributed by atoms with Crippen LogP contribution in [-0.2, 0) is 10.9 Å². The molecule has 0 heterocycles. The summed E-state index contributed by atoms with van der Waals surface area (Å²) in [6.07, 6.45) is 0. The van der Waals surface area contributed by atoms with E-state index in [9.17, 15) is 0 Å². The molecule has 0 aromatic heterocycles. The fraction of sp³-hybridized carbons (Fsp3) is 0. The molecule has 0 aliphatic heterocycles. The van der Waals surface area contributed by atoms with Gasteiger partial charge < -0.3 is 4.55 Å². The van der Waals surface area contributed by atoms with Gasteiger partial charge in [-0.3, -0.25) is 0 Å². The summed E-state index contributed by atoms with van der Waals surface area (Å²) in [7, 11) is -0.417. The first-order valence-electron chi connectivity index (χ1n) is 0.757. The van der Waals surface area contributed by atoms with Crippen molar-refractivity contribution in [3.05, 3.63) is 0 Å².